The number of nitrogens with zero attached hydrogens (tertiary/aromatic N) is 2. The summed E-state index contributed by atoms with van der Waals surface area (Å²) in [5.41, 5.74) is 2.08. The molecule has 0 fully saturated rings. The Hall–Kier alpha value is -3.78. The second-order valence-corrected chi connectivity index (χ2v) is 7.91. The van der Waals surface area contributed by atoms with Crippen LogP contribution in [0, 0.1) is 0 Å². The van der Waals surface area contributed by atoms with Crippen LogP contribution in [0.25, 0.3) is 28.4 Å². The number of carbonyl (C=O) groups is 2. The number of pyridine rings is 2. The second-order valence-electron chi connectivity index (χ2n) is 7.91. The van der Waals surface area contributed by atoms with Crippen LogP contribution in [0.5, 0.6) is 0 Å². The molecule has 0 unspecified atom stereocenters. The summed E-state index contributed by atoms with van der Waals surface area (Å²) >= 11 is 0. The van der Waals surface area contributed by atoms with E-state index in [-0.39, 0.29) is 18.6 Å². The molecule has 32 heavy (non-hydrogen) atoms. The largest absolute Gasteiger partial charge is 0.466 e. The normalized spacial score (nSPS) is 18.9. The molecule has 0 spiro atoms. The molecule has 0 bridgehead atoms. The molecule has 0 saturated carbocycles. The van der Waals surface area contributed by atoms with E-state index in [1.165, 1.54) is 13.2 Å². The maximum Gasteiger partial charge on any atom is 0.343 e. The third kappa shape index (κ3) is 2.87. The van der Waals surface area contributed by atoms with Crippen molar-refractivity contribution in [2.45, 2.75) is 32.1 Å². The van der Waals surface area contributed by atoms with Crippen molar-refractivity contribution in [2.24, 2.45) is 0 Å². The summed E-state index contributed by atoms with van der Waals surface area (Å²) in [6.45, 7) is 1.85. The summed E-state index contributed by atoms with van der Waals surface area (Å²) in [6, 6.07) is 9.24. The number of ether oxygens (including phenoxy) is 2. The van der Waals surface area contributed by atoms with Crippen molar-refractivity contribution in [3.63, 3.8) is 0 Å². The second kappa shape index (κ2) is 7.13. The number of rotatable bonds is 3. The zero-order chi connectivity index (χ0) is 22.6. The number of hydrogen-bond acceptors (Lipinski definition) is 7. The van der Waals surface area contributed by atoms with Crippen LogP contribution in [0.3, 0.4) is 0 Å². The number of aliphatic hydroxyl groups is 1. The molecule has 4 heterocycles. The number of hydrogen-bond donors (Lipinski definition) is 1. The van der Waals surface area contributed by atoms with E-state index >= 15 is 0 Å². The quantitative estimate of drug-likeness (QED) is 0.391. The van der Waals surface area contributed by atoms with Gasteiger partial charge in [0.15, 0.2) is 5.60 Å². The first kappa shape index (κ1) is 20.1. The van der Waals surface area contributed by atoms with E-state index in [9.17, 15) is 19.5 Å². The minimum absolute atomic E-state index is 0.0988. The predicted molar refractivity (Wildman–Crippen MR) is 116 cm³/mol. The predicted octanol–water partition coefficient (Wildman–Crippen LogP) is 2.27. The summed E-state index contributed by atoms with van der Waals surface area (Å²) in [4.78, 5) is 41.6. The molecule has 2 aliphatic rings. The van der Waals surface area contributed by atoms with Crippen LogP contribution in [0.2, 0.25) is 0 Å². The van der Waals surface area contributed by atoms with Crippen LogP contribution >= 0.6 is 0 Å². The molecule has 0 radical (unpaired) electrons. The molecule has 0 aliphatic carbocycles. The third-order valence-corrected chi connectivity index (χ3v) is 6.14. The van der Waals surface area contributed by atoms with Crippen molar-refractivity contribution in [1.82, 2.24) is 9.55 Å². The van der Waals surface area contributed by atoms with Crippen molar-refractivity contribution in [1.29, 1.82) is 0 Å². The summed E-state index contributed by atoms with van der Waals surface area (Å²) in [5.74, 6) is -1.18. The molecule has 1 atom stereocenters. The number of methoxy groups -OCH3 is 1. The van der Waals surface area contributed by atoms with Gasteiger partial charge in [-0.2, -0.15) is 0 Å². The molecule has 0 amide bonds. The van der Waals surface area contributed by atoms with Gasteiger partial charge in [0.05, 0.1) is 36.1 Å². The molecule has 162 valence electrons. The minimum atomic E-state index is -1.84. The molecule has 8 heteroatoms. The lowest BCUT2D eigenvalue weighted by atomic mass is 9.86. The van der Waals surface area contributed by atoms with Gasteiger partial charge in [0.2, 0.25) is 0 Å². The SMILES string of the molecule is CC[C@@]1(O)C(=O)OCc2c1cc1n(c2=O)Cc2cc3cc(/C=C/C(=O)OC)ccc3nc2-1. The number of esters is 2. The molecule has 0 saturated heterocycles. The van der Waals surface area contributed by atoms with Gasteiger partial charge in [-0.25, -0.2) is 14.6 Å². The van der Waals surface area contributed by atoms with Crippen LogP contribution in [0.4, 0.5) is 0 Å². The Balaban J connectivity index is 1.64. The van der Waals surface area contributed by atoms with Gasteiger partial charge in [-0.1, -0.05) is 13.0 Å². The van der Waals surface area contributed by atoms with Crippen LogP contribution in [0.15, 0.2) is 41.2 Å². The van der Waals surface area contributed by atoms with Gasteiger partial charge in [-0.3, -0.25) is 4.79 Å². The zero-order valence-corrected chi connectivity index (χ0v) is 17.5. The highest BCUT2D eigenvalue weighted by atomic mass is 16.6. The fourth-order valence-electron chi connectivity index (χ4n) is 4.34. The van der Waals surface area contributed by atoms with Crippen molar-refractivity contribution in [3.8, 4) is 11.4 Å². The maximum absolute atomic E-state index is 13.2. The number of benzene rings is 1. The lowest BCUT2D eigenvalue weighted by Gasteiger charge is -2.31. The first-order valence-electron chi connectivity index (χ1n) is 10.2. The van der Waals surface area contributed by atoms with E-state index in [4.69, 9.17) is 9.72 Å². The van der Waals surface area contributed by atoms with Gasteiger partial charge in [-0.05, 0) is 42.3 Å². The Morgan fingerprint density at radius 1 is 1.31 bits per heavy atom. The number of fused-ring (bicyclic) bond motifs is 5. The molecule has 2 aliphatic heterocycles. The fraction of sp³-hybridized carbons (Fsp3) is 0.250. The van der Waals surface area contributed by atoms with Gasteiger partial charge in [0.1, 0.15) is 6.61 Å². The summed E-state index contributed by atoms with van der Waals surface area (Å²) in [6.07, 6.45) is 3.11. The van der Waals surface area contributed by atoms with E-state index in [1.54, 1.807) is 23.6 Å². The minimum Gasteiger partial charge on any atom is -0.466 e. The Morgan fingerprint density at radius 2 is 2.12 bits per heavy atom. The van der Waals surface area contributed by atoms with E-state index in [0.717, 1.165) is 22.0 Å². The van der Waals surface area contributed by atoms with Crippen LogP contribution in [-0.4, -0.2) is 33.7 Å². The standard InChI is InChI=1S/C24H20N2O6/c1-3-24(30)17-10-19-21-15(11-26(19)22(28)16(17)12-32-23(24)29)9-14-8-13(4-6-18(14)25-21)5-7-20(27)31-2/h4-10,30H,3,11-12H2,1-2H3/b7-5+/t24-/m0/s1. The Kier molecular flexibility index (Phi) is 4.49. The Labute approximate surface area is 182 Å². The average molecular weight is 432 g/mol. The summed E-state index contributed by atoms with van der Waals surface area (Å²) in [5, 5.41) is 11.8. The molecule has 1 aromatic carbocycles. The first-order valence-corrected chi connectivity index (χ1v) is 10.2. The molecular formula is C24H20N2O6. The molecular weight excluding hydrogens is 412 g/mol. The van der Waals surface area contributed by atoms with Gasteiger partial charge >= 0.3 is 11.9 Å². The lowest BCUT2D eigenvalue weighted by Crippen LogP contribution is -2.44. The van der Waals surface area contributed by atoms with Gasteiger partial charge in [0, 0.05) is 22.6 Å². The first-order chi connectivity index (χ1) is 15.4. The van der Waals surface area contributed by atoms with E-state index < -0.39 is 17.5 Å². The van der Waals surface area contributed by atoms with Gasteiger partial charge < -0.3 is 19.1 Å². The van der Waals surface area contributed by atoms with Crippen LogP contribution < -0.4 is 5.56 Å². The van der Waals surface area contributed by atoms with Crippen LogP contribution in [0.1, 0.15) is 35.6 Å². The molecule has 5 rings (SSSR count). The number of aromatic nitrogens is 2. The highest BCUT2D eigenvalue weighted by Crippen LogP contribution is 2.38. The number of carbonyl (C=O) groups excluding carboxylic acids is 2. The number of cyclic esters (lactones) is 1. The van der Waals surface area contributed by atoms with Gasteiger partial charge in [-0.15, -0.1) is 0 Å². The van der Waals surface area contributed by atoms with Crippen molar-refractivity contribution in [3.05, 3.63) is 69.0 Å². The summed E-state index contributed by atoms with van der Waals surface area (Å²) in [7, 11) is 1.32. The average Bonchev–Trinajstić information content (AvgIpc) is 3.16. The molecule has 3 aromatic rings. The van der Waals surface area contributed by atoms with E-state index in [0.29, 0.717) is 29.1 Å². The van der Waals surface area contributed by atoms with E-state index in [2.05, 4.69) is 4.74 Å². The van der Waals surface area contributed by atoms with Crippen molar-refractivity contribution < 1.29 is 24.2 Å². The lowest BCUT2D eigenvalue weighted by molar-refractivity contribution is -0.172. The monoisotopic (exact) mass is 432 g/mol. The summed E-state index contributed by atoms with van der Waals surface area (Å²) < 4.78 is 11.3. The smallest absolute Gasteiger partial charge is 0.343 e. The van der Waals surface area contributed by atoms with Crippen molar-refractivity contribution in [2.75, 3.05) is 7.11 Å². The van der Waals surface area contributed by atoms with Gasteiger partial charge in [0.25, 0.3) is 5.56 Å². The highest BCUT2D eigenvalue weighted by molar-refractivity contribution is 5.90. The van der Waals surface area contributed by atoms with Crippen molar-refractivity contribution >= 4 is 28.9 Å². The Bertz CT molecular complexity index is 1400. The maximum atomic E-state index is 13.2. The van der Waals surface area contributed by atoms with E-state index in [1.807, 2.05) is 24.3 Å². The molecule has 2 aromatic heterocycles. The fourth-order valence-corrected chi connectivity index (χ4v) is 4.34. The van der Waals surface area contributed by atoms with Crippen LogP contribution in [-0.2, 0) is 37.8 Å². The molecule has 8 nitrogen and oxygen atoms in total. The topological polar surface area (TPSA) is 108 Å². The third-order valence-electron chi connectivity index (χ3n) is 6.14. The highest BCUT2D eigenvalue weighted by Gasteiger charge is 2.45. The Morgan fingerprint density at radius 3 is 2.88 bits per heavy atom. The zero-order valence-electron chi connectivity index (χ0n) is 17.5. The molecule has 1 N–H and O–H groups in total.